The van der Waals surface area contributed by atoms with Crippen LogP contribution in [0.4, 0.5) is 0 Å². The van der Waals surface area contributed by atoms with Crippen molar-refractivity contribution in [2.45, 2.75) is 30.8 Å². The molecular weight excluding hydrogens is 466 g/mol. The Morgan fingerprint density at radius 3 is 2.06 bits per heavy atom. The van der Waals surface area contributed by atoms with Crippen LogP contribution in [0.25, 0.3) is 32.7 Å². The van der Waals surface area contributed by atoms with Crippen LogP contribution in [0.2, 0.25) is 0 Å². The number of rotatable bonds is 6. The fraction of sp³-hybridized carbons (Fsp3) is 0.148. The number of hydrogen-bond acceptors (Lipinski definition) is 4. The summed E-state index contributed by atoms with van der Waals surface area (Å²) in [6.45, 7) is 1.79. The Bertz CT molecular complexity index is 1460. The Balaban J connectivity index is 1.41. The van der Waals surface area contributed by atoms with Crippen molar-refractivity contribution < 1.29 is 18.3 Å². The van der Waals surface area contributed by atoms with Gasteiger partial charge in [-0.25, -0.2) is 8.42 Å². The van der Waals surface area contributed by atoms with E-state index >= 15 is 0 Å². The molecule has 0 aliphatic carbocycles. The molecule has 0 amide bonds. The normalized spacial score (nSPS) is 15.7. The number of carbonyl (C=O) groups is 1. The van der Waals surface area contributed by atoms with E-state index in [0.29, 0.717) is 4.88 Å². The van der Waals surface area contributed by atoms with Crippen LogP contribution in [0.1, 0.15) is 18.2 Å². The Morgan fingerprint density at radius 2 is 1.47 bits per heavy atom. The number of thiophene rings is 1. The second-order valence-electron chi connectivity index (χ2n) is 8.23. The van der Waals surface area contributed by atoms with Crippen molar-refractivity contribution in [1.29, 1.82) is 0 Å². The Labute approximate surface area is 203 Å². The van der Waals surface area contributed by atoms with Crippen molar-refractivity contribution in [3.63, 3.8) is 0 Å². The molecule has 172 valence electrons. The molecule has 0 bridgehead atoms. The van der Waals surface area contributed by atoms with E-state index in [2.05, 4.69) is 30.3 Å². The molecule has 7 heteroatoms. The first-order chi connectivity index (χ1) is 16.4. The molecule has 5 rings (SSSR count). The average molecular weight is 490 g/mol. The molecule has 4 aromatic rings. The second kappa shape index (κ2) is 8.83. The summed E-state index contributed by atoms with van der Waals surface area (Å²) in [7, 11) is -3.81. The van der Waals surface area contributed by atoms with Crippen LogP contribution in [0.15, 0.2) is 89.8 Å². The molecule has 0 saturated carbocycles. The van der Waals surface area contributed by atoms with Crippen LogP contribution in [-0.2, 0) is 21.4 Å². The molecule has 1 aromatic heterocycles. The summed E-state index contributed by atoms with van der Waals surface area (Å²) in [4.78, 5) is 13.3. The van der Waals surface area contributed by atoms with Crippen LogP contribution in [0.3, 0.4) is 0 Å². The van der Waals surface area contributed by atoms with Crippen LogP contribution in [0.5, 0.6) is 0 Å². The van der Waals surface area contributed by atoms with Gasteiger partial charge < -0.3 is 5.11 Å². The van der Waals surface area contributed by atoms with E-state index in [0.717, 1.165) is 37.0 Å². The smallest absolute Gasteiger partial charge is 0.322 e. The zero-order valence-electron chi connectivity index (χ0n) is 18.5. The van der Waals surface area contributed by atoms with E-state index < -0.39 is 22.0 Å². The van der Waals surface area contributed by atoms with Gasteiger partial charge in [-0.3, -0.25) is 4.79 Å². The van der Waals surface area contributed by atoms with Crippen molar-refractivity contribution >= 4 is 27.3 Å². The van der Waals surface area contributed by atoms with Crippen molar-refractivity contribution in [3.8, 4) is 32.7 Å². The van der Waals surface area contributed by atoms with E-state index in [-0.39, 0.29) is 17.9 Å². The van der Waals surface area contributed by atoms with Gasteiger partial charge in [-0.2, -0.15) is 4.31 Å². The van der Waals surface area contributed by atoms with E-state index in [1.54, 1.807) is 13.0 Å². The van der Waals surface area contributed by atoms with E-state index in [9.17, 15) is 18.3 Å². The molecule has 1 unspecified atom stereocenters. The molecule has 1 atom stereocenters. The highest BCUT2D eigenvalue weighted by Crippen LogP contribution is 2.42. The zero-order chi connectivity index (χ0) is 23.9. The lowest BCUT2D eigenvalue weighted by Gasteiger charge is -2.21. The summed E-state index contributed by atoms with van der Waals surface area (Å²) in [6, 6.07) is 27.3. The highest BCUT2D eigenvalue weighted by molar-refractivity contribution is 7.89. The van der Waals surface area contributed by atoms with Gasteiger partial charge in [0, 0.05) is 9.75 Å². The number of fused-ring (bicyclic) bond motifs is 1. The summed E-state index contributed by atoms with van der Waals surface area (Å²) in [5.74, 6) is -1.12. The molecule has 1 aliphatic heterocycles. The van der Waals surface area contributed by atoms with E-state index in [1.807, 2.05) is 48.5 Å². The third-order valence-corrected chi connectivity index (χ3v) is 9.37. The number of nitrogens with zero attached hydrogens (tertiary/aromatic N) is 1. The van der Waals surface area contributed by atoms with Crippen molar-refractivity contribution in [2.24, 2.45) is 0 Å². The number of benzene rings is 3. The fourth-order valence-corrected chi connectivity index (χ4v) is 7.75. The molecule has 2 heterocycles. The zero-order valence-corrected chi connectivity index (χ0v) is 20.1. The fourth-order valence-electron chi connectivity index (χ4n) is 4.35. The van der Waals surface area contributed by atoms with Gasteiger partial charge in [0.2, 0.25) is 10.0 Å². The number of sulfonamides is 1. The molecule has 0 fully saturated rings. The van der Waals surface area contributed by atoms with Crippen LogP contribution >= 0.6 is 11.3 Å². The highest BCUT2D eigenvalue weighted by Gasteiger charge is 2.43. The topological polar surface area (TPSA) is 74.7 Å². The molecular formula is C27H23NO4S2. The summed E-state index contributed by atoms with van der Waals surface area (Å²) >= 11 is 1.41. The molecule has 5 nitrogen and oxygen atoms in total. The standard InChI is InChI=1S/C27H23NO4S2/c1-2-23(27(29)30)28-17-25-26(34(28,31)32)16-24(33-25)20-13-11-19(12-14-20)22-10-6-9-21(15-22)18-7-4-3-5-8-18/h3-16,23H,2,17H2,1H3,(H,29,30). The average Bonchev–Trinajstić information content (AvgIpc) is 3.38. The van der Waals surface area contributed by atoms with Crippen molar-refractivity contribution in [1.82, 2.24) is 4.31 Å². The number of aliphatic carboxylic acids is 1. The minimum Gasteiger partial charge on any atom is -0.480 e. The second-order valence-corrected chi connectivity index (χ2v) is 11.2. The Hall–Kier alpha value is -3.26. The number of carboxylic acid groups (broad SMARTS) is 1. The third-order valence-electron chi connectivity index (χ3n) is 6.15. The minimum absolute atomic E-state index is 0.109. The van der Waals surface area contributed by atoms with Crippen LogP contribution in [-0.4, -0.2) is 29.8 Å². The first-order valence-electron chi connectivity index (χ1n) is 11.0. The van der Waals surface area contributed by atoms with Gasteiger partial charge in [-0.1, -0.05) is 79.7 Å². The lowest BCUT2D eigenvalue weighted by molar-refractivity contribution is -0.141. The first-order valence-corrected chi connectivity index (χ1v) is 13.3. The first kappa shape index (κ1) is 22.5. The predicted molar refractivity (Wildman–Crippen MR) is 135 cm³/mol. The highest BCUT2D eigenvalue weighted by atomic mass is 32.2. The van der Waals surface area contributed by atoms with Gasteiger partial charge in [0.1, 0.15) is 6.04 Å². The van der Waals surface area contributed by atoms with Crippen LogP contribution < -0.4 is 0 Å². The lowest BCUT2D eigenvalue weighted by Crippen LogP contribution is -2.40. The SMILES string of the molecule is CCC(C(=O)O)N1Cc2sc(-c3ccc(-c4cccc(-c5ccccc5)c4)cc3)cc2S1(=O)=O. The summed E-state index contributed by atoms with van der Waals surface area (Å²) in [5, 5.41) is 9.41. The summed E-state index contributed by atoms with van der Waals surface area (Å²) in [6.07, 6.45) is 0.225. The Morgan fingerprint density at radius 1 is 0.882 bits per heavy atom. The molecule has 3 aromatic carbocycles. The van der Waals surface area contributed by atoms with Crippen LogP contribution in [0, 0.1) is 0 Å². The lowest BCUT2D eigenvalue weighted by atomic mass is 9.98. The van der Waals surface area contributed by atoms with Gasteiger partial charge in [0.05, 0.1) is 11.4 Å². The van der Waals surface area contributed by atoms with Gasteiger partial charge in [-0.05, 0) is 46.4 Å². The van der Waals surface area contributed by atoms with Gasteiger partial charge in [0.15, 0.2) is 0 Å². The molecule has 0 radical (unpaired) electrons. The number of hydrogen-bond donors (Lipinski definition) is 1. The maximum Gasteiger partial charge on any atom is 0.322 e. The predicted octanol–water partition coefficient (Wildman–Crippen LogP) is 6.12. The van der Waals surface area contributed by atoms with Gasteiger partial charge in [-0.15, -0.1) is 11.3 Å². The maximum absolute atomic E-state index is 13.0. The quantitative estimate of drug-likeness (QED) is 0.354. The molecule has 1 N–H and O–H groups in total. The Kier molecular flexibility index (Phi) is 5.85. The van der Waals surface area contributed by atoms with E-state index in [1.165, 1.54) is 11.3 Å². The van der Waals surface area contributed by atoms with E-state index in [4.69, 9.17) is 0 Å². The largest absolute Gasteiger partial charge is 0.480 e. The molecule has 0 spiro atoms. The summed E-state index contributed by atoms with van der Waals surface area (Å²) in [5.41, 5.74) is 5.45. The minimum atomic E-state index is -3.81. The molecule has 0 saturated heterocycles. The van der Waals surface area contributed by atoms with Crippen molar-refractivity contribution in [3.05, 3.63) is 89.8 Å². The maximum atomic E-state index is 13.0. The van der Waals surface area contributed by atoms with Gasteiger partial charge in [0.25, 0.3) is 0 Å². The summed E-state index contributed by atoms with van der Waals surface area (Å²) < 4.78 is 27.1. The molecule has 34 heavy (non-hydrogen) atoms. The van der Waals surface area contributed by atoms with Gasteiger partial charge >= 0.3 is 5.97 Å². The number of carboxylic acids is 1. The monoisotopic (exact) mass is 489 g/mol. The van der Waals surface area contributed by atoms with Crippen molar-refractivity contribution in [2.75, 3.05) is 0 Å². The molecule has 1 aliphatic rings. The third kappa shape index (κ3) is 3.96.